The van der Waals surface area contributed by atoms with Crippen molar-refractivity contribution in [2.75, 3.05) is 26.2 Å². The quantitative estimate of drug-likeness (QED) is 0.654. The second-order valence-electron chi connectivity index (χ2n) is 4.39. The molecule has 1 aliphatic rings. The Morgan fingerprint density at radius 3 is 2.47 bits per heavy atom. The Labute approximate surface area is 101 Å². The Morgan fingerprint density at radius 2 is 2.00 bits per heavy atom. The molecule has 17 heavy (non-hydrogen) atoms. The second kappa shape index (κ2) is 6.44. The summed E-state index contributed by atoms with van der Waals surface area (Å²) in [6, 6.07) is -1.08. The highest BCUT2D eigenvalue weighted by Crippen LogP contribution is 2.08. The minimum Gasteiger partial charge on any atom is -0.480 e. The molecular weight excluding hydrogens is 222 g/mol. The molecule has 3 N–H and O–H groups in total. The molecule has 0 radical (unpaired) electrons. The third kappa shape index (κ3) is 3.89. The maximum absolute atomic E-state index is 11.9. The number of carboxylic acids is 1. The van der Waals surface area contributed by atoms with Crippen LogP contribution in [-0.4, -0.2) is 54.2 Å². The maximum atomic E-state index is 11.9. The van der Waals surface area contributed by atoms with Gasteiger partial charge in [0.1, 0.15) is 6.04 Å². The number of nitrogens with zero attached hydrogens (tertiary/aromatic N) is 1. The zero-order valence-electron chi connectivity index (χ0n) is 10.4. The van der Waals surface area contributed by atoms with Crippen molar-refractivity contribution in [3.8, 4) is 0 Å². The van der Waals surface area contributed by atoms with Crippen LogP contribution in [0.1, 0.15) is 20.3 Å². The number of hydrogen-bond donors (Lipinski definition) is 3. The van der Waals surface area contributed by atoms with Crippen LogP contribution in [0.3, 0.4) is 0 Å². The first kappa shape index (κ1) is 13.8. The highest BCUT2D eigenvalue weighted by Gasteiger charge is 2.27. The highest BCUT2D eigenvalue weighted by molar-refractivity contribution is 5.82. The van der Waals surface area contributed by atoms with Crippen molar-refractivity contribution in [2.24, 2.45) is 5.92 Å². The summed E-state index contributed by atoms with van der Waals surface area (Å²) in [6.07, 6.45) is 0.721. The van der Waals surface area contributed by atoms with Gasteiger partial charge in [0.05, 0.1) is 0 Å². The van der Waals surface area contributed by atoms with Gasteiger partial charge in [0.15, 0.2) is 0 Å². The van der Waals surface area contributed by atoms with Gasteiger partial charge in [-0.1, -0.05) is 20.3 Å². The summed E-state index contributed by atoms with van der Waals surface area (Å²) in [5, 5.41) is 14.8. The molecule has 1 heterocycles. The van der Waals surface area contributed by atoms with Gasteiger partial charge in [-0.2, -0.15) is 0 Å². The molecule has 0 spiro atoms. The number of aliphatic carboxylic acids is 1. The molecule has 2 amide bonds. The monoisotopic (exact) mass is 243 g/mol. The Hall–Kier alpha value is -1.30. The van der Waals surface area contributed by atoms with E-state index in [0.29, 0.717) is 13.1 Å². The fourth-order valence-corrected chi connectivity index (χ4v) is 1.78. The minimum atomic E-state index is -0.970. The molecule has 1 aliphatic heterocycles. The van der Waals surface area contributed by atoms with E-state index in [1.807, 2.05) is 13.8 Å². The van der Waals surface area contributed by atoms with Gasteiger partial charge < -0.3 is 20.6 Å². The van der Waals surface area contributed by atoms with E-state index >= 15 is 0 Å². The molecule has 0 aromatic carbocycles. The molecule has 0 aliphatic carbocycles. The predicted octanol–water partition coefficient (Wildman–Crippen LogP) is 0.101. The lowest BCUT2D eigenvalue weighted by Gasteiger charge is -2.30. The second-order valence-corrected chi connectivity index (χ2v) is 4.39. The molecule has 0 aromatic rings. The van der Waals surface area contributed by atoms with Crippen molar-refractivity contribution in [3.63, 3.8) is 0 Å². The lowest BCUT2D eigenvalue weighted by Crippen LogP contribution is -2.55. The van der Waals surface area contributed by atoms with Crippen LogP contribution in [0.4, 0.5) is 4.79 Å². The van der Waals surface area contributed by atoms with E-state index in [0.717, 1.165) is 19.5 Å². The summed E-state index contributed by atoms with van der Waals surface area (Å²) in [4.78, 5) is 24.6. The van der Waals surface area contributed by atoms with Gasteiger partial charge in [0, 0.05) is 26.2 Å². The first-order valence-electron chi connectivity index (χ1n) is 6.05. The molecule has 6 heteroatoms. The highest BCUT2D eigenvalue weighted by atomic mass is 16.4. The fraction of sp³-hybridized carbons (Fsp3) is 0.818. The third-order valence-corrected chi connectivity index (χ3v) is 3.16. The van der Waals surface area contributed by atoms with Crippen molar-refractivity contribution in [1.82, 2.24) is 15.5 Å². The van der Waals surface area contributed by atoms with Crippen LogP contribution in [0, 0.1) is 5.92 Å². The van der Waals surface area contributed by atoms with E-state index in [9.17, 15) is 9.59 Å². The zero-order valence-corrected chi connectivity index (χ0v) is 10.4. The van der Waals surface area contributed by atoms with Gasteiger partial charge in [0.25, 0.3) is 0 Å². The van der Waals surface area contributed by atoms with E-state index in [1.165, 1.54) is 0 Å². The normalized spacial score (nSPS) is 19.5. The molecule has 0 bridgehead atoms. The molecule has 0 aromatic heterocycles. The first-order chi connectivity index (χ1) is 8.06. The number of carboxylic acid groups (broad SMARTS) is 1. The number of nitrogens with one attached hydrogen (secondary N) is 2. The van der Waals surface area contributed by atoms with Crippen molar-refractivity contribution in [1.29, 1.82) is 0 Å². The van der Waals surface area contributed by atoms with Gasteiger partial charge in [-0.05, 0) is 5.92 Å². The molecule has 1 saturated heterocycles. The summed E-state index contributed by atoms with van der Waals surface area (Å²) in [7, 11) is 0. The van der Waals surface area contributed by atoms with Crippen LogP contribution in [-0.2, 0) is 4.79 Å². The molecule has 0 saturated carbocycles. The summed E-state index contributed by atoms with van der Waals surface area (Å²) in [5.74, 6) is -1.04. The number of carbonyl (C=O) groups excluding carboxylic acids is 1. The molecule has 2 unspecified atom stereocenters. The van der Waals surface area contributed by atoms with Crippen LogP contribution < -0.4 is 10.6 Å². The Kier molecular flexibility index (Phi) is 5.21. The van der Waals surface area contributed by atoms with Crippen molar-refractivity contribution in [3.05, 3.63) is 0 Å². The number of urea groups is 1. The smallest absolute Gasteiger partial charge is 0.326 e. The molecule has 1 fully saturated rings. The first-order valence-corrected chi connectivity index (χ1v) is 6.05. The van der Waals surface area contributed by atoms with Crippen LogP contribution >= 0.6 is 0 Å². The maximum Gasteiger partial charge on any atom is 0.326 e. The molecule has 2 atom stereocenters. The van der Waals surface area contributed by atoms with Crippen molar-refractivity contribution >= 4 is 12.0 Å². The van der Waals surface area contributed by atoms with E-state index in [4.69, 9.17) is 5.11 Å². The number of hydrogen-bond acceptors (Lipinski definition) is 3. The average molecular weight is 243 g/mol. The minimum absolute atomic E-state index is 0.0700. The molecule has 1 rings (SSSR count). The van der Waals surface area contributed by atoms with E-state index < -0.39 is 12.0 Å². The number of rotatable bonds is 4. The van der Waals surface area contributed by atoms with E-state index in [2.05, 4.69) is 10.6 Å². The molecular formula is C11H21N3O3. The van der Waals surface area contributed by atoms with Gasteiger partial charge >= 0.3 is 12.0 Å². The van der Waals surface area contributed by atoms with E-state index in [-0.39, 0.29) is 11.9 Å². The zero-order chi connectivity index (χ0) is 12.8. The fourth-order valence-electron chi connectivity index (χ4n) is 1.78. The van der Waals surface area contributed by atoms with Gasteiger partial charge in [-0.25, -0.2) is 9.59 Å². The Balaban J connectivity index is 2.53. The van der Waals surface area contributed by atoms with Crippen LogP contribution in [0.2, 0.25) is 0 Å². The topological polar surface area (TPSA) is 81.7 Å². The summed E-state index contributed by atoms with van der Waals surface area (Å²) in [6.45, 7) is 6.51. The lowest BCUT2D eigenvalue weighted by molar-refractivity contribution is -0.140. The van der Waals surface area contributed by atoms with Crippen LogP contribution in [0.5, 0.6) is 0 Å². The molecule has 6 nitrogen and oxygen atoms in total. The number of carbonyl (C=O) groups is 2. The largest absolute Gasteiger partial charge is 0.480 e. The summed E-state index contributed by atoms with van der Waals surface area (Å²) < 4.78 is 0. The van der Waals surface area contributed by atoms with Crippen LogP contribution in [0.25, 0.3) is 0 Å². The molecule has 98 valence electrons. The van der Waals surface area contributed by atoms with Gasteiger partial charge in [0.2, 0.25) is 0 Å². The van der Waals surface area contributed by atoms with Gasteiger partial charge in [-0.3, -0.25) is 0 Å². The summed E-state index contributed by atoms with van der Waals surface area (Å²) in [5.41, 5.74) is 0. The van der Waals surface area contributed by atoms with Crippen LogP contribution in [0.15, 0.2) is 0 Å². The Morgan fingerprint density at radius 1 is 1.41 bits per heavy atom. The lowest BCUT2D eigenvalue weighted by atomic mass is 9.99. The predicted molar refractivity (Wildman–Crippen MR) is 63.9 cm³/mol. The van der Waals surface area contributed by atoms with Crippen molar-refractivity contribution < 1.29 is 14.7 Å². The van der Waals surface area contributed by atoms with Gasteiger partial charge in [-0.15, -0.1) is 0 Å². The summed E-state index contributed by atoms with van der Waals surface area (Å²) >= 11 is 0. The number of piperazine rings is 1. The number of amides is 2. The average Bonchev–Trinajstić information content (AvgIpc) is 2.35. The third-order valence-electron chi connectivity index (χ3n) is 3.16. The van der Waals surface area contributed by atoms with Crippen molar-refractivity contribution in [2.45, 2.75) is 26.3 Å². The standard InChI is InChI=1S/C11H21N3O3/c1-3-8(2)9(10(15)16)13-11(17)14-6-4-12-5-7-14/h8-9,12H,3-7H2,1-2H3,(H,13,17)(H,15,16). The van der Waals surface area contributed by atoms with E-state index in [1.54, 1.807) is 4.90 Å². The Bertz CT molecular complexity index is 277. The SMILES string of the molecule is CCC(C)C(NC(=O)N1CCNCC1)C(=O)O.